The van der Waals surface area contributed by atoms with Gasteiger partial charge in [0.05, 0.1) is 5.25 Å². The number of amides is 5. The summed E-state index contributed by atoms with van der Waals surface area (Å²) in [5, 5.41) is 7.46. The number of nitrogens with zero attached hydrogens (tertiary/aromatic N) is 1. The van der Waals surface area contributed by atoms with E-state index in [2.05, 4.69) is 16.0 Å². The summed E-state index contributed by atoms with van der Waals surface area (Å²) < 4.78 is 0. The number of hydrogen-bond acceptors (Lipinski definition) is 6. The van der Waals surface area contributed by atoms with Crippen LogP contribution in [0.15, 0.2) is 0 Å². The van der Waals surface area contributed by atoms with Crippen molar-refractivity contribution in [2.45, 2.75) is 56.6 Å². The van der Waals surface area contributed by atoms with E-state index in [4.69, 9.17) is 0 Å². The molecule has 1 saturated heterocycles. The molecule has 1 rings (SSSR count). The zero-order valence-corrected chi connectivity index (χ0v) is 18.1. The maximum Gasteiger partial charge on any atom is 0.242 e. The van der Waals surface area contributed by atoms with Crippen molar-refractivity contribution in [3.05, 3.63) is 0 Å². The van der Waals surface area contributed by atoms with Gasteiger partial charge >= 0.3 is 0 Å². The zero-order valence-electron chi connectivity index (χ0n) is 17.3. The van der Waals surface area contributed by atoms with Crippen LogP contribution in [0.3, 0.4) is 0 Å². The second-order valence-electron chi connectivity index (χ2n) is 6.81. The molecule has 10 heteroatoms. The van der Waals surface area contributed by atoms with Gasteiger partial charge in [-0.3, -0.25) is 28.9 Å². The molecule has 29 heavy (non-hydrogen) atoms. The van der Waals surface area contributed by atoms with Crippen molar-refractivity contribution in [2.24, 2.45) is 0 Å². The molecule has 9 nitrogen and oxygen atoms in total. The highest BCUT2D eigenvalue weighted by Crippen LogP contribution is 2.26. The first-order valence-corrected chi connectivity index (χ1v) is 11.1. The van der Waals surface area contributed by atoms with Crippen molar-refractivity contribution in [2.75, 3.05) is 32.9 Å². The van der Waals surface area contributed by atoms with Crippen LogP contribution in [-0.2, 0) is 24.0 Å². The van der Waals surface area contributed by atoms with E-state index in [9.17, 15) is 24.0 Å². The first-order chi connectivity index (χ1) is 13.9. The Labute approximate surface area is 176 Å². The highest BCUT2D eigenvalue weighted by Gasteiger charge is 2.38. The quantitative estimate of drug-likeness (QED) is 0.268. The summed E-state index contributed by atoms with van der Waals surface area (Å²) >= 11 is 1.33. The Morgan fingerprint density at radius 2 is 1.59 bits per heavy atom. The molecular formula is C19H32N4O5S. The van der Waals surface area contributed by atoms with Crippen LogP contribution in [0.2, 0.25) is 0 Å². The molecule has 1 fully saturated rings. The average Bonchev–Trinajstić information content (AvgIpc) is 2.97. The molecule has 0 spiro atoms. The second kappa shape index (κ2) is 14.0. The second-order valence-corrected chi connectivity index (χ2v) is 8.12. The van der Waals surface area contributed by atoms with Gasteiger partial charge in [-0.05, 0) is 19.3 Å². The minimum atomic E-state index is -0.444. The van der Waals surface area contributed by atoms with Crippen LogP contribution >= 0.6 is 11.8 Å². The van der Waals surface area contributed by atoms with Crippen molar-refractivity contribution in [3.8, 4) is 0 Å². The molecule has 0 aromatic heterocycles. The topological polar surface area (TPSA) is 125 Å². The number of hydrogen-bond donors (Lipinski definition) is 3. The van der Waals surface area contributed by atoms with Crippen LogP contribution < -0.4 is 16.0 Å². The third-order valence-corrected chi connectivity index (χ3v) is 5.81. The average molecular weight is 429 g/mol. The molecule has 1 atom stereocenters. The number of imide groups is 1. The fourth-order valence-corrected chi connectivity index (χ4v) is 3.98. The molecule has 0 aromatic rings. The number of likely N-dealkylation sites (tertiary alicyclic amines) is 1. The third kappa shape index (κ3) is 9.78. The van der Waals surface area contributed by atoms with E-state index in [0.29, 0.717) is 25.1 Å². The van der Waals surface area contributed by atoms with Crippen LogP contribution in [0.25, 0.3) is 0 Å². The minimum Gasteiger partial charge on any atom is -0.359 e. The van der Waals surface area contributed by atoms with Crippen molar-refractivity contribution in [1.82, 2.24) is 20.9 Å². The smallest absolute Gasteiger partial charge is 0.242 e. The van der Waals surface area contributed by atoms with Gasteiger partial charge in [0.2, 0.25) is 29.5 Å². The minimum absolute atomic E-state index is 0.0241. The van der Waals surface area contributed by atoms with Gasteiger partial charge in [0, 0.05) is 58.6 Å². The van der Waals surface area contributed by atoms with Crippen molar-refractivity contribution in [3.63, 3.8) is 0 Å². The highest BCUT2D eigenvalue weighted by atomic mass is 32.2. The van der Waals surface area contributed by atoms with E-state index in [1.807, 2.05) is 0 Å². The lowest BCUT2D eigenvalue weighted by Gasteiger charge is -2.14. The molecule has 0 aromatic carbocycles. The van der Waals surface area contributed by atoms with E-state index >= 15 is 0 Å². The predicted molar refractivity (Wildman–Crippen MR) is 111 cm³/mol. The van der Waals surface area contributed by atoms with E-state index in [1.165, 1.54) is 16.7 Å². The summed E-state index contributed by atoms with van der Waals surface area (Å²) in [5.41, 5.74) is 0. The lowest BCUT2D eigenvalue weighted by molar-refractivity contribution is -0.138. The number of rotatable bonds is 14. The Morgan fingerprint density at radius 3 is 2.24 bits per heavy atom. The molecule has 1 aliphatic rings. The first kappa shape index (κ1) is 24.9. The van der Waals surface area contributed by atoms with Crippen LogP contribution in [0.5, 0.6) is 0 Å². The van der Waals surface area contributed by atoms with Crippen molar-refractivity contribution < 1.29 is 24.0 Å². The molecule has 5 amide bonds. The molecule has 1 unspecified atom stereocenters. The Hall–Kier alpha value is -2.10. The summed E-state index contributed by atoms with van der Waals surface area (Å²) in [6.45, 7) is 0.819. The van der Waals surface area contributed by atoms with E-state index < -0.39 is 5.25 Å². The molecule has 164 valence electrons. The lowest BCUT2D eigenvalue weighted by Crippen LogP contribution is -2.33. The summed E-state index contributed by atoms with van der Waals surface area (Å²) in [7, 11) is 3.16. The Bertz CT molecular complexity index is 599. The Kier molecular flexibility index (Phi) is 12.0. The summed E-state index contributed by atoms with van der Waals surface area (Å²) in [6, 6.07) is 0. The maximum absolute atomic E-state index is 12.3. The summed E-state index contributed by atoms with van der Waals surface area (Å²) in [6.07, 6.45) is 4.14. The van der Waals surface area contributed by atoms with Crippen molar-refractivity contribution >= 4 is 41.3 Å². The van der Waals surface area contributed by atoms with Crippen molar-refractivity contribution in [1.29, 1.82) is 0 Å². The maximum atomic E-state index is 12.3. The number of carbonyl (C=O) groups excluding carboxylic acids is 5. The normalized spacial score (nSPS) is 16.1. The number of nitrogens with one attached hydrogen (secondary N) is 3. The van der Waals surface area contributed by atoms with Gasteiger partial charge in [-0.25, -0.2) is 0 Å². The summed E-state index contributed by atoms with van der Waals surface area (Å²) in [5.74, 6) is -0.149. The standard InChI is InChI=1S/C19H32N4O5S/c1-20-15(24)7-4-3-5-10-22-17(26)9-12-29-14-13-18(27)23(19(14)28)11-6-8-16(25)21-2/h14H,3-13H2,1-2H3,(H,20,24)(H,21,25)(H,22,26). The molecular weight excluding hydrogens is 396 g/mol. The van der Waals surface area contributed by atoms with Gasteiger partial charge in [0.1, 0.15) is 0 Å². The molecule has 1 aliphatic heterocycles. The highest BCUT2D eigenvalue weighted by molar-refractivity contribution is 8.00. The predicted octanol–water partition coefficient (Wildman–Crippen LogP) is 0.186. The molecule has 3 N–H and O–H groups in total. The van der Waals surface area contributed by atoms with Crippen LogP contribution in [0.1, 0.15) is 51.4 Å². The van der Waals surface area contributed by atoms with Gasteiger partial charge in [-0.1, -0.05) is 6.42 Å². The number of thioether (sulfide) groups is 1. The van der Waals surface area contributed by atoms with E-state index in [-0.39, 0.29) is 55.3 Å². The van der Waals surface area contributed by atoms with Gasteiger partial charge in [0.25, 0.3) is 0 Å². The van der Waals surface area contributed by atoms with Crippen LogP contribution in [-0.4, -0.2) is 72.6 Å². The first-order valence-electron chi connectivity index (χ1n) is 10.0. The molecule has 0 aliphatic carbocycles. The van der Waals surface area contributed by atoms with Gasteiger partial charge in [0.15, 0.2) is 0 Å². The fourth-order valence-electron chi connectivity index (χ4n) is 2.86. The number of unbranched alkanes of at least 4 members (excludes halogenated alkanes) is 2. The Balaban J connectivity index is 2.15. The fraction of sp³-hybridized carbons (Fsp3) is 0.737. The number of carbonyl (C=O) groups is 5. The lowest BCUT2D eigenvalue weighted by atomic mass is 10.2. The van der Waals surface area contributed by atoms with Crippen LogP contribution in [0.4, 0.5) is 0 Å². The van der Waals surface area contributed by atoms with E-state index in [1.54, 1.807) is 14.1 Å². The molecule has 0 saturated carbocycles. The van der Waals surface area contributed by atoms with Gasteiger partial charge in [-0.15, -0.1) is 11.8 Å². The van der Waals surface area contributed by atoms with E-state index in [0.717, 1.165) is 19.3 Å². The largest absolute Gasteiger partial charge is 0.359 e. The SMILES string of the molecule is CNC(=O)CCCCCNC(=O)CCSC1CC(=O)N(CCCC(=O)NC)C1=O. The molecule has 0 bridgehead atoms. The third-order valence-electron chi connectivity index (χ3n) is 4.60. The Morgan fingerprint density at radius 1 is 0.931 bits per heavy atom. The van der Waals surface area contributed by atoms with Crippen LogP contribution in [0, 0.1) is 0 Å². The monoisotopic (exact) mass is 428 g/mol. The molecule has 1 heterocycles. The zero-order chi connectivity index (χ0) is 21.6. The molecule has 0 radical (unpaired) electrons. The van der Waals surface area contributed by atoms with Gasteiger partial charge < -0.3 is 16.0 Å². The summed E-state index contributed by atoms with van der Waals surface area (Å²) in [4.78, 5) is 59.7. The van der Waals surface area contributed by atoms with Gasteiger partial charge in [-0.2, -0.15) is 0 Å².